The molecule has 4 aliphatic rings. The van der Waals surface area contributed by atoms with Crippen LogP contribution in [0.5, 0.6) is 11.5 Å². The van der Waals surface area contributed by atoms with Crippen LogP contribution in [0.25, 0.3) is 0 Å². The lowest BCUT2D eigenvalue weighted by molar-refractivity contribution is -0.377. The highest BCUT2D eigenvalue weighted by Gasteiger charge is 2.38. The second-order valence-corrected chi connectivity index (χ2v) is 18.1. The quantitative estimate of drug-likeness (QED) is 0.105. The van der Waals surface area contributed by atoms with E-state index in [1.54, 1.807) is 30.3 Å². The molecular weight excluding hydrogens is 831 g/mol. The highest BCUT2D eigenvalue weighted by molar-refractivity contribution is 7.89. The zero-order chi connectivity index (χ0) is 41.0. The molecule has 3 N–H and O–H groups in total. The number of nitrogens with one attached hydrogen (secondary N) is 2. The van der Waals surface area contributed by atoms with Gasteiger partial charge in [0, 0.05) is 30.5 Å². The van der Waals surface area contributed by atoms with Gasteiger partial charge in [0.25, 0.3) is 0 Å². The third-order valence-corrected chi connectivity index (χ3v) is 12.1. The van der Waals surface area contributed by atoms with Gasteiger partial charge in [0.1, 0.15) is 22.3 Å². The number of piperidine rings is 3. The molecule has 4 aromatic rings. The first-order chi connectivity index (χ1) is 27.8. The summed E-state index contributed by atoms with van der Waals surface area (Å²) in [4.78, 5) is 33.4. The lowest BCUT2D eigenvalue weighted by atomic mass is 9.86. The van der Waals surface area contributed by atoms with Crippen LogP contribution in [0.2, 0.25) is 10.0 Å². The van der Waals surface area contributed by atoms with Crippen molar-refractivity contribution < 1.29 is 56.2 Å². The van der Waals surface area contributed by atoms with Gasteiger partial charge in [0.05, 0.1) is 17.9 Å². The average molecular weight is 877 g/mol. The Morgan fingerprint density at radius 3 is 2.27 bits per heavy atom. The van der Waals surface area contributed by atoms with Gasteiger partial charge < -0.3 is 29.7 Å². The maximum Gasteiger partial charge on any atom is 0.387 e. The highest BCUT2D eigenvalue weighted by atomic mass is 35.5. The van der Waals surface area contributed by atoms with E-state index in [-0.39, 0.29) is 62.3 Å². The largest absolute Gasteiger partial charge is 0.870 e. The Balaban J connectivity index is 0.00000585. The number of carbonyl (C=O) groups is 2. The topological polar surface area (TPSA) is 165 Å². The summed E-state index contributed by atoms with van der Waals surface area (Å²) in [5, 5.41) is 3.75. The van der Waals surface area contributed by atoms with Gasteiger partial charge in [-0.05, 0) is 97.6 Å². The van der Waals surface area contributed by atoms with Gasteiger partial charge in [0.2, 0.25) is 0 Å². The predicted molar refractivity (Wildman–Crippen MR) is 215 cm³/mol. The van der Waals surface area contributed by atoms with Crippen LogP contribution in [0.15, 0.2) is 79.1 Å². The molecule has 0 radical (unpaired) electrons. The van der Waals surface area contributed by atoms with Gasteiger partial charge in [-0.3, -0.25) is 4.90 Å². The van der Waals surface area contributed by atoms with Crippen molar-refractivity contribution in [3.8, 4) is 11.5 Å². The first-order valence-electron chi connectivity index (χ1n) is 19.1. The van der Waals surface area contributed by atoms with E-state index in [4.69, 9.17) is 42.1 Å². The summed E-state index contributed by atoms with van der Waals surface area (Å²) in [6, 6.07) is 16.7. The molecule has 3 atom stereocenters. The number of H-pyrrole nitrogens is 1. The summed E-state index contributed by atoms with van der Waals surface area (Å²) in [5.41, 5.74) is 1.94. The first-order valence-corrected chi connectivity index (χ1v) is 21.9. The maximum absolute atomic E-state index is 14.3. The van der Waals surface area contributed by atoms with E-state index in [1.165, 1.54) is 42.7 Å². The summed E-state index contributed by atoms with van der Waals surface area (Å²) < 4.78 is 74.9. The number of carbonyl (C=O) groups excluding carboxylic acids is 2. The summed E-state index contributed by atoms with van der Waals surface area (Å²) in [5.74, 6) is -1.34. The van der Waals surface area contributed by atoms with E-state index in [1.807, 2.05) is 6.07 Å². The number of esters is 2. The summed E-state index contributed by atoms with van der Waals surface area (Å²) in [7, 11) is -3.59. The van der Waals surface area contributed by atoms with Crippen molar-refractivity contribution in [2.75, 3.05) is 37.8 Å². The number of fused-ring (bicyclic) bond motifs is 3. The normalized spacial score (nSPS) is 19.6. The number of nitrogens with zero attached hydrogens (tertiary/aromatic N) is 1. The van der Waals surface area contributed by atoms with Crippen LogP contribution in [0.1, 0.15) is 70.4 Å². The monoisotopic (exact) mass is 875 g/mol. The standard InChI is InChI=1S/C42H43Cl2F2N3O8S.H2O/c1-58(52,53)24-26-15-30(17-31(16-26)48-39(28-5-3-2-4-6-28)41(51)56-38-22-49-13-11-27(38)12-14-49)40(50)55-36(19-32-33(43)20-47-21-34(32)44)29-9-10-35(57-42(45)46)37(18-29)54-23-25-7-8-25;/h2-6,9-10,15-18,20-21,25,27,36,38-39,42,48H,7-8,11-14,19,22-24H2,1H3;1H2/t36-,38-,39?;/m0./s1. The van der Waals surface area contributed by atoms with E-state index in [9.17, 15) is 26.8 Å². The summed E-state index contributed by atoms with van der Waals surface area (Å²) >= 11 is 13.1. The van der Waals surface area contributed by atoms with Gasteiger partial charge in [-0.15, -0.1) is 0 Å². The predicted octanol–water partition coefficient (Wildman–Crippen LogP) is 7.50. The fourth-order valence-electron chi connectivity index (χ4n) is 7.44. The molecule has 17 heteroatoms. The Morgan fingerprint density at radius 2 is 1.64 bits per heavy atom. The Labute approximate surface area is 351 Å². The van der Waals surface area contributed by atoms with E-state index in [0.717, 1.165) is 45.0 Å². The molecule has 0 spiro atoms. The Kier molecular flexibility index (Phi) is 14.4. The fraction of sp³-hybridized carbons (Fsp3) is 0.405. The molecule has 0 amide bonds. The Bertz CT molecular complexity index is 2210. The van der Waals surface area contributed by atoms with Crippen molar-refractivity contribution in [2.45, 2.75) is 62.7 Å². The van der Waals surface area contributed by atoms with Gasteiger partial charge in [-0.2, -0.15) is 8.78 Å². The van der Waals surface area contributed by atoms with E-state index < -0.39 is 46.3 Å². The van der Waals surface area contributed by atoms with Crippen molar-refractivity contribution in [1.29, 1.82) is 0 Å². The van der Waals surface area contributed by atoms with Gasteiger partial charge in [-0.25, -0.2) is 23.0 Å². The molecule has 1 aromatic heterocycles. The molecule has 2 bridgehead atoms. The highest BCUT2D eigenvalue weighted by Crippen LogP contribution is 2.39. The van der Waals surface area contributed by atoms with Crippen LogP contribution < -0.4 is 19.8 Å². The molecule has 59 heavy (non-hydrogen) atoms. The molecule has 1 aliphatic carbocycles. The molecule has 316 valence electrons. The number of ether oxygens (including phenoxy) is 4. The Morgan fingerprint density at radius 1 is 0.932 bits per heavy atom. The second-order valence-electron chi connectivity index (χ2n) is 15.2. The lowest BCUT2D eigenvalue weighted by Gasteiger charge is -2.44. The molecule has 3 aliphatic heterocycles. The van der Waals surface area contributed by atoms with Crippen LogP contribution in [-0.4, -0.2) is 75.9 Å². The van der Waals surface area contributed by atoms with Gasteiger partial charge in [-0.1, -0.05) is 59.6 Å². The molecule has 3 aromatic carbocycles. The first kappa shape index (κ1) is 44.0. The van der Waals surface area contributed by atoms with Crippen LogP contribution in [-0.2, 0) is 36.3 Å². The molecule has 8 rings (SSSR count). The molecule has 4 fully saturated rings. The molecule has 1 unspecified atom stereocenters. The molecule has 4 heterocycles. The molecular formula is C42H45Cl2F2N3O9S. The van der Waals surface area contributed by atoms with Crippen molar-refractivity contribution in [3.05, 3.63) is 117 Å². The van der Waals surface area contributed by atoms with Crippen molar-refractivity contribution in [1.82, 2.24) is 4.90 Å². The number of hydrogen-bond donors (Lipinski definition) is 1. The van der Waals surface area contributed by atoms with Crippen molar-refractivity contribution >= 4 is 50.7 Å². The fourth-order valence-corrected chi connectivity index (χ4v) is 8.74. The minimum atomic E-state index is -3.59. The molecule has 3 saturated heterocycles. The summed E-state index contributed by atoms with van der Waals surface area (Å²) in [6.07, 6.45) is 6.52. The average Bonchev–Trinajstić information content (AvgIpc) is 4.02. The number of anilines is 1. The number of aromatic nitrogens is 1. The number of rotatable bonds is 17. The van der Waals surface area contributed by atoms with Crippen LogP contribution in [0.3, 0.4) is 0 Å². The lowest BCUT2D eigenvalue weighted by Crippen LogP contribution is -2.52. The van der Waals surface area contributed by atoms with Crippen molar-refractivity contribution in [2.24, 2.45) is 11.8 Å². The zero-order valence-corrected chi connectivity index (χ0v) is 34.4. The summed E-state index contributed by atoms with van der Waals surface area (Å²) in [6.45, 7) is -0.202. The zero-order valence-electron chi connectivity index (χ0n) is 32.1. The third-order valence-electron chi connectivity index (χ3n) is 10.6. The van der Waals surface area contributed by atoms with E-state index in [2.05, 4.69) is 15.2 Å². The number of aromatic amines is 1. The number of hydrogen-bond acceptors (Lipinski definition) is 11. The SMILES string of the molecule is CS(=O)(=O)Cc1cc(NC(C(=O)O[C@H]2CN3CCC2CC3)c2ccccc2)cc(C(=O)O[C@@H](Cc2c(Cl)c[nH+]cc2Cl)c2ccc(OC(F)F)c(OCC3CC3)c2)c1.[OH-]. The van der Waals surface area contributed by atoms with Gasteiger partial charge >= 0.3 is 18.6 Å². The van der Waals surface area contributed by atoms with Gasteiger partial charge in [0.15, 0.2) is 39.8 Å². The number of sulfone groups is 1. The van der Waals surface area contributed by atoms with E-state index in [0.29, 0.717) is 35.8 Å². The van der Waals surface area contributed by atoms with Crippen molar-refractivity contribution in [3.63, 3.8) is 0 Å². The smallest absolute Gasteiger partial charge is 0.387 e. The molecule has 12 nitrogen and oxygen atoms in total. The maximum atomic E-state index is 14.3. The minimum Gasteiger partial charge on any atom is -0.870 e. The Hall–Kier alpha value is -4.54. The van der Waals surface area contributed by atoms with E-state index >= 15 is 0 Å². The number of pyridine rings is 1. The number of halogens is 4. The van der Waals surface area contributed by atoms with Crippen LogP contribution in [0, 0.1) is 11.8 Å². The van der Waals surface area contributed by atoms with Crippen LogP contribution >= 0.6 is 23.2 Å². The molecule has 1 saturated carbocycles. The third kappa shape index (κ3) is 11.8. The number of benzene rings is 3. The minimum absolute atomic E-state index is 0. The second kappa shape index (κ2) is 19.2. The van der Waals surface area contributed by atoms with Crippen LogP contribution in [0.4, 0.5) is 14.5 Å². The number of alkyl halides is 2.